The van der Waals surface area contributed by atoms with E-state index in [4.69, 9.17) is 10.8 Å². The largest absolute Gasteiger partial charge is 0.396 e. The van der Waals surface area contributed by atoms with E-state index in [-0.39, 0.29) is 12.6 Å². The molecule has 0 aliphatic heterocycles. The van der Waals surface area contributed by atoms with Gasteiger partial charge in [0.25, 0.3) is 0 Å². The molecule has 78 valence electrons. The highest BCUT2D eigenvalue weighted by atomic mass is 16.3. The summed E-state index contributed by atoms with van der Waals surface area (Å²) < 4.78 is 0. The molecule has 0 bridgehead atoms. The summed E-state index contributed by atoms with van der Waals surface area (Å²) >= 11 is 0. The van der Waals surface area contributed by atoms with Crippen molar-refractivity contribution in [1.29, 1.82) is 0 Å². The van der Waals surface area contributed by atoms with E-state index in [1.165, 1.54) is 12.0 Å². The number of nitrogens with two attached hydrogens (primary N) is 1. The molecule has 1 atom stereocenters. The smallest absolute Gasteiger partial charge is 0.0449 e. The van der Waals surface area contributed by atoms with Gasteiger partial charge in [-0.05, 0) is 24.0 Å². The fourth-order valence-corrected chi connectivity index (χ4v) is 1.53. The van der Waals surface area contributed by atoms with Crippen LogP contribution in [0.3, 0.4) is 0 Å². The molecule has 1 rings (SSSR count). The van der Waals surface area contributed by atoms with Crippen molar-refractivity contribution in [2.45, 2.75) is 32.2 Å². The van der Waals surface area contributed by atoms with Crippen molar-refractivity contribution < 1.29 is 5.11 Å². The minimum Gasteiger partial charge on any atom is -0.396 e. The topological polar surface area (TPSA) is 46.2 Å². The van der Waals surface area contributed by atoms with Crippen molar-refractivity contribution in [3.8, 4) is 0 Å². The lowest BCUT2D eigenvalue weighted by Gasteiger charge is -2.10. The van der Waals surface area contributed by atoms with Gasteiger partial charge < -0.3 is 10.8 Å². The van der Waals surface area contributed by atoms with Gasteiger partial charge in [-0.25, -0.2) is 0 Å². The zero-order valence-electron chi connectivity index (χ0n) is 8.74. The summed E-state index contributed by atoms with van der Waals surface area (Å²) in [6.07, 6.45) is 2.92. The number of hydrogen-bond acceptors (Lipinski definition) is 2. The molecule has 0 saturated carbocycles. The highest BCUT2D eigenvalue weighted by Crippen LogP contribution is 2.15. The Bertz CT molecular complexity index is 256. The van der Waals surface area contributed by atoms with Gasteiger partial charge in [-0.3, -0.25) is 0 Å². The van der Waals surface area contributed by atoms with Gasteiger partial charge in [0.15, 0.2) is 0 Å². The minimum absolute atomic E-state index is 0.0318. The van der Waals surface area contributed by atoms with Crippen LogP contribution < -0.4 is 5.73 Å². The van der Waals surface area contributed by atoms with Gasteiger partial charge in [0.05, 0.1) is 0 Å². The second-order valence-corrected chi connectivity index (χ2v) is 3.61. The molecular formula is C12H19NO. The predicted molar refractivity (Wildman–Crippen MR) is 59.1 cm³/mol. The summed E-state index contributed by atoms with van der Waals surface area (Å²) in [5.41, 5.74) is 8.33. The monoisotopic (exact) mass is 193 g/mol. The first-order chi connectivity index (χ1) is 6.77. The van der Waals surface area contributed by atoms with Gasteiger partial charge >= 0.3 is 0 Å². The molecule has 0 amide bonds. The maximum atomic E-state index is 8.76. The Morgan fingerprint density at radius 3 is 2.43 bits per heavy atom. The third-order valence-corrected chi connectivity index (χ3v) is 2.39. The molecule has 1 aromatic rings. The van der Waals surface area contributed by atoms with Crippen LogP contribution >= 0.6 is 0 Å². The number of benzene rings is 1. The standard InChI is InChI=1S/C12H19NO/c1-2-3-10-4-6-11(7-5-10)12(13)8-9-14/h4-7,12,14H,2-3,8-9,13H2,1H3/t12-/m0/s1. The second kappa shape index (κ2) is 5.78. The molecule has 0 fully saturated rings. The summed E-state index contributed by atoms with van der Waals surface area (Å²) in [5.74, 6) is 0. The highest BCUT2D eigenvalue weighted by Gasteiger charge is 2.04. The SMILES string of the molecule is CCCc1ccc([C@@H](N)CCO)cc1. The average Bonchev–Trinajstić information content (AvgIpc) is 2.20. The molecule has 3 N–H and O–H groups in total. The van der Waals surface area contributed by atoms with E-state index in [0.717, 1.165) is 12.0 Å². The van der Waals surface area contributed by atoms with Crippen LogP contribution in [0.25, 0.3) is 0 Å². The lowest BCUT2D eigenvalue weighted by atomic mass is 10.0. The van der Waals surface area contributed by atoms with Gasteiger partial charge in [0, 0.05) is 12.6 Å². The van der Waals surface area contributed by atoms with Gasteiger partial charge in [0.1, 0.15) is 0 Å². The van der Waals surface area contributed by atoms with E-state index in [2.05, 4.69) is 31.2 Å². The van der Waals surface area contributed by atoms with Crippen LogP contribution in [0.2, 0.25) is 0 Å². The number of aliphatic hydroxyl groups excluding tert-OH is 1. The average molecular weight is 193 g/mol. The second-order valence-electron chi connectivity index (χ2n) is 3.61. The lowest BCUT2D eigenvalue weighted by molar-refractivity contribution is 0.276. The fraction of sp³-hybridized carbons (Fsp3) is 0.500. The molecule has 0 unspecified atom stereocenters. The molecule has 1 aromatic carbocycles. The molecule has 0 radical (unpaired) electrons. The van der Waals surface area contributed by atoms with E-state index in [0.29, 0.717) is 6.42 Å². The Hall–Kier alpha value is -0.860. The third kappa shape index (κ3) is 3.13. The summed E-state index contributed by atoms with van der Waals surface area (Å²) in [6.45, 7) is 2.32. The number of aryl methyl sites for hydroxylation is 1. The Kier molecular flexibility index (Phi) is 4.63. The summed E-state index contributed by atoms with van der Waals surface area (Å²) in [4.78, 5) is 0. The van der Waals surface area contributed by atoms with E-state index in [9.17, 15) is 0 Å². The van der Waals surface area contributed by atoms with E-state index in [1.807, 2.05) is 0 Å². The maximum absolute atomic E-state index is 8.76. The summed E-state index contributed by atoms with van der Waals surface area (Å²) in [6, 6.07) is 8.33. The molecule has 2 nitrogen and oxygen atoms in total. The molecule has 14 heavy (non-hydrogen) atoms. The van der Waals surface area contributed by atoms with Crippen LogP contribution in [0.15, 0.2) is 24.3 Å². The molecular weight excluding hydrogens is 174 g/mol. The van der Waals surface area contributed by atoms with E-state index < -0.39 is 0 Å². The molecule has 2 heteroatoms. The van der Waals surface area contributed by atoms with Crippen LogP contribution in [0.4, 0.5) is 0 Å². The Labute approximate surface area is 85.8 Å². The Balaban J connectivity index is 2.62. The van der Waals surface area contributed by atoms with Gasteiger partial charge in [-0.1, -0.05) is 37.6 Å². The predicted octanol–water partition coefficient (Wildman–Crippen LogP) is 2.02. The zero-order valence-corrected chi connectivity index (χ0v) is 8.74. The van der Waals surface area contributed by atoms with Gasteiger partial charge in [0.2, 0.25) is 0 Å². The van der Waals surface area contributed by atoms with Crippen molar-refractivity contribution in [1.82, 2.24) is 0 Å². The quantitative estimate of drug-likeness (QED) is 0.751. The van der Waals surface area contributed by atoms with Gasteiger partial charge in [-0.2, -0.15) is 0 Å². The Morgan fingerprint density at radius 2 is 1.93 bits per heavy atom. The summed E-state index contributed by atoms with van der Waals surface area (Å²) in [5, 5.41) is 8.76. The van der Waals surface area contributed by atoms with Crippen molar-refractivity contribution in [3.05, 3.63) is 35.4 Å². The molecule has 0 aliphatic carbocycles. The number of hydrogen-bond donors (Lipinski definition) is 2. The fourth-order valence-electron chi connectivity index (χ4n) is 1.53. The zero-order chi connectivity index (χ0) is 10.4. The lowest BCUT2D eigenvalue weighted by Crippen LogP contribution is -2.11. The van der Waals surface area contributed by atoms with Crippen LogP contribution in [0.1, 0.15) is 36.9 Å². The molecule has 0 spiro atoms. The molecule has 0 aromatic heterocycles. The first-order valence-electron chi connectivity index (χ1n) is 5.23. The van der Waals surface area contributed by atoms with Crippen molar-refractivity contribution in [2.24, 2.45) is 5.73 Å². The molecule has 0 saturated heterocycles. The van der Waals surface area contributed by atoms with Crippen molar-refractivity contribution >= 4 is 0 Å². The molecule has 0 heterocycles. The highest BCUT2D eigenvalue weighted by molar-refractivity contribution is 5.24. The van der Waals surface area contributed by atoms with Crippen LogP contribution in [0, 0.1) is 0 Å². The maximum Gasteiger partial charge on any atom is 0.0449 e. The molecule has 0 aliphatic rings. The first kappa shape index (κ1) is 11.2. The van der Waals surface area contributed by atoms with E-state index >= 15 is 0 Å². The van der Waals surface area contributed by atoms with Crippen LogP contribution in [0.5, 0.6) is 0 Å². The van der Waals surface area contributed by atoms with Crippen LogP contribution in [-0.4, -0.2) is 11.7 Å². The van der Waals surface area contributed by atoms with Gasteiger partial charge in [-0.15, -0.1) is 0 Å². The normalized spacial score (nSPS) is 12.8. The number of aliphatic hydroxyl groups is 1. The first-order valence-corrected chi connectivity index (χ1v) is 5.23. The number of rotatable bonds is 5. The minimum atomic E-state index is -0.0318. The Morgan fingerprint density at radius 1 is 1.29 bits per heavy atom. The van der Waals surface area contributed by atoms with Crippen molar-refractivity contribution in [2.75, 3.05) is 6.61 Å². The summed E-state index contributed by atoms with van der Waals surface area (Å²) in [7, 11) is 0. The van der Waals surface area contributed by atoms with Crippen molar-refractivity contribution in [3.63, 3.8) is 0 Å². The van der Waals surface area contributed by atoms with Crippen LogP contribution in [-0.2, 0) is 6.42 Å². The van der Waals surface area contributed by atoms with E-state index in [1.54, 1.807) is 0 Å². The third-order valence-electron chi connectivity index (χ3n) is 2.39.